The molecule has 0 amide bonds. The third-order valence-corrected chi connectivity index (χ3v) is 3.39. The number of esters is 1. The predicted octanol–water partition coefficient (Wildman–Crippen LogP) is 2.95. The van der Waals surface area contributed by atoms with E-state index in [1.807, 2.05) is 30.3 Å². The van der Waals surface area contributed by atoms with Crippen molar-refractivity contribution in [3.8, 4) is 11.3 Å². The minimum Gasteiger partial charge on any atom is -0.456 e. The number of benzene rings is 1. The van der Waals surface area contributed by atoms with Gasteiger partial charge in [-0.2, -0.15) is 0 Å². The van der Waals surface area contributed by atoms with Crippen molar-refractivity contribution in [2.45, 2.75) is 32.0 Å². The van der Waals surface area contributed by atoms with Crippen LogP contribution in [-0.4, -0.2) is 23.7 Å². The Kier molecular flexibility index (Phi) is 4.31. The van der Waals surface area contributed by atoms with E-state index in [-0.39, 0.29) is 18.7 Å². The molecule has 0 spiro atoms. The summed E-state index contributed by atoms with van der Waals surface area (Å²) >= 11 is 0. The molecule has 0 N–H and O–H groups in total. The molecule has 3 rings (SSSR count). The molecule has 5 heteroatoms. The van der Waals surface area contributed by atoms with Gasteiger partial charge in [-0.25, -0.2) is 4.98 Å². The molecule has 1 aliphatic heterocycles. The zero-order chi connectivity index (χ0) is 14.5. The largest absolute Gasteiger partial charge is 0.456 e. The molecule has 1 aliphatic rings. The summed E-state index contributed by atoms with van der Waals surface area (Å²) in [4.78, 5) is 15.8. The first-order valence-corrected chi connectivity index (χ1v) is 7.08. The van der Waals surface area contributed by atoms with Crippen molar-refractivity contribution in [1.29, 1.82) is 0 Å². The fourth-order valence-corrected chi connectivity index (χ4v) is 2.31. The minimum atomic E-state index is -0.277. The first kappa shape index (κ1) is 13.8. The van der Waals surface area contributed by atoms with Gasteiger partial charge in [-0.05, 0) is 12.8 Å². The van der Waals surface area contributed by atoms with E-state index < -0.39 is 0 Å². The van der Waals surface area contributed by atoms with Gasteiger partial charge in [-0.3, -0.25) is 4.79 Å². The van der Waals surface area contributed by atoms with Crippen LogP contribution in [0.15, 0.2) is 40.9 Å². The lowest BCUT2D eigenvalue weighted by Crippen LogP contribution is -2.14. The van der Waals surface area contributed by atoms with Gasteiger partial charge >= 0.3 is 5.97 Å². The molecule has 1 fully saturated rings. The zero-order valence-electron chi connectivity index (χ0n) is 11.7. The summed E-state index contributed by atoms with van der Waals surface area (Å²) in [6, 6.07) is 9.67. The number of nitrogens with zero attached hydrogens (tertiary/aromatic N) is 1. The number of hydrogen-bond acceptors (Lipinski definition) is 5. The van der Waals surface area contributed by atoms with Crippen LogP contribution < -0.4 is 0 Å². The summed E-state index contributed by atoms with van der Waals surface area (Å²) in [7, 11) is 0. The summed E-state index contributed by atoms with van der Waals surface area (Å²) in [5.41, 5.74) is 0.946. The molecule has 1 aromatic heterocycles. The molecule has 5 nitrogen and oxygen atoms in total. The van der Waals surface area contributed by atoms with Crippen LogP contribution in [0.5, 0.6) is 0 Å². The first-order valence-electron chi connectivity index (χ1n) is 7.08. The van der Waals surface area contributed by atoms with Crippen molar-refractivity contribution in [1.82, 2.24) is 4.98 Å². The maximum Gasteiger partial charge on any atom is 0.308 e. The van der Waals surface area contributed by atoms with Gasteiger partial charge in [0.1, 0.15) is 0 Å². The molecule has 1 atom stereocenters. The van der Waals surface area contributed by atoms with Crippen LogP contribution in [0.25, 0.3) is 11.3 Å². The number of hydrogen-bond donors (Lipinski definition) is 0. The van der Waals surface area contributed by atoms with Crippen molar-refractivity contribution >= 4 is 5.97 Å². The lowest BCUT2D eigenvalue weighted by molar-refractivity contribution is -0.148. The Morgan fingerprint density at radius 1 is 1.33 bits per heavy atom. The topological polar surface area (TPSA) is 61.6 Å². The molecule has 1 aromatic carbocycles. The van der Waals surface area contributed by atoms with Gasteiger partial charge in [-0.15, -0.1) is 0 Å². The van der Waals surface area contributed by atoms with Crippen molar-refractivity contribution < 1.29 is 18.7 Å². The van der Waals surface area contributed by atoms with Gasteiger partial charge in [0.05, 0.1) is 18.7 Å². The maximum absolute atomic E-state index is 11.7. The predicted molar refractivity (Wildman–Crippen MR) is 75.3 cm³/mol. The van der Waals surface area contributed by atoms with Crippen molar-refractivity contribution in [3.63, 3.8) is 0 Å². The highest BCUT2D eigenvalue weighted by atomic mass is 16.5. The summed E-state index contributed by atoms with van der Waals surface area (Å²) in [5, 5.41) is 0. The Labute approximate surface area is 122 Å². The van der Waals surface area contributed by atoms with E-state index in [4.69, 9.17) is 13.9 Å². The average molecular weight is 287 g/mol. The summed E-state index contributed by atoms with van der Waals surface area (Å²) in [5.74, 6) is 0.789. The molecule has 2 aromatic rings. The second kappa shape index (κ2) is 6.54. The van der Waals surface area contributed by atoms with Crippen molar-refractivity contribution in [3.05, 3.63) is 42.4 Å². The van der Waals surface area contributed by atoms with Gasteiger partial charge in [-0.1, -0.05) is 30.3 Å². The average Bonchev–Trinajstić information content (AvgIpc) is 3.17. The van der Waals surface area contributed by atoms with Gasteiger partial charge in [0, 0.05) is 12.2 Å². The molecule has 2 heterocycles. The van der Waals surface area contributed by atoms with Crippen LogP contribution in [0.4, 0.5) is 0 Å². The zero-order valence-corrected chi connectivity index (χ0v) is 11.7. The lowest BCUT2D eigenvalue weighted by atomic mass is 10.2. The first-order chi connectivity index (χ1) is 10.3. The lowest BCUT2D eigenvalue weighted by Gasteiger charge is -2.07. The Hall–Kier alpha value is -2.14. The van der Waals surface area contributed by atoms with Crippen LogP contribution >= 0.6 is 0 Å². The monoisotopic (exact) mass is 287 g/mol. The van der Waals surface area contributed by atoms with Gasteiger partial charge in [0.15, 0.2) is 12.4 Å². The molecular weight excluding hydrogens is 270 g/mol. The van der Waals surface area contributed by atoms with E-state index in [0.29, 0.717) is 18.1 Å². The second-order valence-electron chi connectivity index (χ2n) is 4.98. The number of carbonyl (C=O) groups is 1. The van der Waals surface area contributed by atoms with E-state index in [9.17, 15) is 4.79 Å². The molecule has 0 bridgehead atoms. The van der Waals surface area contributed by atoms with Crippen LogP contribution in [-0.2, 0) is 20.9 Å². The molecule has 0 aliphatic carbocycles. The number of aromatic nitrogens is 1. The number of ether oxygens (including phenoxy) is 2. The standard InChI is InChI=1S/C16H17NO4/c18-16(9-13-7-4-8-19-13)20-11-15-17-10-14(21-15)12-5-2-1-3-6-12/h1-3,5-6,10,13H,4,7-9,11H2. The summed E-state index contributed by atoms with van der Waals surface area (Å²) in [6.07, 6.45) is 3.87. The highest BCUT2D eigenvalue weighted by Crippen LogP contribution is 2.20. The van der Waals surface area contributed by atoms with Gasteiger partial charge in [0.2, 0.25) is 5.89 Å². The smallest absolute Gasteiger partial charge is 0.308 e. The van der Waals surface area contributed by atoms with E-state index >= 15 is 0 Å². The third-order valence-electron chi connectivity index (χ3n) is 3.39. The Balaban J connectivity index is 1.51. The highest BCUT2D eigenvalue weighted by molar-refractivity contribution is 5.70. The van der Waals surface area contributed by atoms with E-state index in [1.54, 1.807) is 6.20 Å². The van der Waals surface area contributed by atoms with Crippen molar-refractivity contribution in [2.24, 2.45) is 0 Å². The molecule has 21 heavy (non-hydrogen) atoms. The van der Waals surface area contributed by atoms with Crippen LogP contribution in [0, 0.1) is 0 Å². The third kappa shape index (κ3) is 3.70. The SMILES string of the molecule is O=C(CC1CCCO1)OCc1ncc(-c2ccccc2)o1. The number of rotatable bonds is 5. The second-order valence-corrected chi connectivity index (χ2v) is 4.98. The van der Waals surface area contributed by atoms with Crippen LogP contribution in [0.1, 0.15) is 25.2 Å². The van der Waals surface area contributed by atoms with E-state index in [1.165, 1.54) is 0 Å². The van der Waals surface area contributed by atoms with Gasteiger partial charge in [0.25, 0.3) is 0 Å². The fraction of sp³-hybridized carbons (Fsp3) is 0.375. The number of oxazole rings is 1. The summed E-state index contributed by atoms with van der Waals surface area (Å²) < 4.78 is 16.1. The fourth-order valence-electron chi connectivity index (χ4n) is 2.31. The quantitative estimate of drug-likeness (QED) is 0.791. The van der Waals surface area contributed by atoms with Crippen LogP contribution in [0.3, 0.4) is 0 Å². The minimum absolute atomic E-state index is 0.00180. The maximum atomic E-state index is 11.7. The summed E-state index contributed by atoms with van der Waals surface area (Å²) in [6.45, 7) is 0.788. The van der Waals surface area contributed by atoms with E-state index in [0.717, 1.165) is 25.0 Å². The Morgan fingerprint density at radius 2 is 2.19 bits per heavy atom. The molecule has 1 saturated heterocycles. The highest BCUT2D eigenvalue weighted by Gasteiger charge is 2.20. The normalized spacial score (nSPS) is 17.8. The Morgan fingerprint density at radius 3 is 2.95 bits per heavy atom. The molecule has 0 saturated carbocycles. The molecule has 0 radical (unpaired) electrons. The number of carbonyl (C=O) groups excluding carboxylic acids is 1. The molecule has 1 unspecified atom stereocenters. The van der Waals surface area contributed by atoms with Crippen LogP contribution in [0.2, 0.25) is 0 Å². The Bertz CT molecular complexity index is 587. The van der Waals surface area contributed by atoms with Crippen molar-refractivity contribution in [2.75, 3.05) is 6.61 Å². The van der Waals surface area contributed by atoms with E-state index in [2.05, 4.69) is 4.98 Å². The molecular formula is C16H17NO4. The molecule has 110 valence electrons. The van der Waals surface area contributed by atoms with Gasteiger partial charge < -0.3 is 13.9 Å².